The second-order valence-corrected chi connectivity index (χ2v) is 6.07. The summed E-state index contributed by atoms with van der Waals surface area (Å²) in [6.45, 7) is 1.84. The Labute approximate surface area is 121 Å². The molecule has 0 spiro atoms. The molecule has 2 aromatic rings. The van der Waals surface area contributed by atoms with Gasteiger partial charge in [0, 0.05) is 17.8 Å². The summed E-state index contributed by atoms with van der Waals surface area (Å²) in [5.41, 5.74) is 1.35. The van der Waals surface area contributed by atoms with Crippen molar-refractivity contribution in [1.82, 2.24) is 15.1 Å². The lowest BCUT2D eigenvalue weighted by atomic mass is 10.3. The summed E-state index contributed by atoms with van der Waals surface area (Å²) in [6.07, 6.45) is 4.62. The second kappa shape index (κ2) is 5.78. The molecule has 0 aliphatic carbocycles. The fourth-order valence-electron chi connectivity index (χ4n) is 1.45. The van der Waals surface area contributed by atoms with E-state index in [0.29, 0.717) is 22.1 Å². The van der Waals surface area contributed by atoms with Gasteiger partial charge in [-0.15, -0.1) is 0 Å². The van der Waals surface area contributed by atoms with Crippen LogP contribution in [0.4, 0.5) is 0 Å². The van der Waals surface area contributed by atoms with E-state index in [1.165, 1.54) is 17.1 Å². The van der Waals surface area contributed by atoms with Gasteiger partial charge in [-0.1, -0.05) is 16.3 Å². The minimum atomic E-state index is -4.00. The molecular weight excluding hydrogens is 304 g/mol. The Kier molecular flexibility index (Phi) is 4.26. The van der Waals surface area contributed by atoms with Crippen LogP contribution in [-0.2, 0) is 16.7 Å². The quantitative estimate of drug-likeness (QED) is 0.658. The number of aromatic nitrogens is 4. The maximum atomic E-state index is 10.6. The Morgan fingerprint density at radius 3 is 2.70 bits per heavy atom. The standard InChI is InChI=1S/C11H11ClN4O3S/c1-8-10(12)7-13-11(15-8)9-2-3-16(14-6-9)4-5-20(17,18)19/h2-3,6-7H,4-5H2,1H3/p+1. The molecule has 7 nitrogen and oxygen atoms in total. The maximum Gasteiger partial charge on any atom is 0.271 e. The molecule has 0 radical (unpaired) electrons. The Bertz CT molecular complexity index is 719. The summed E-state index contributed by atoms with van der Waals surface area (Å²) >= 11 is 5.85. The highest BCUT2D eigenvalue weighted by atomic mass is 35.5. The van der Waals surface area contributed by atoms with Crippen LogP contribution in [0.25, 0.3) is 11.4 Å². The van der Waals surface area contributed by atoms with Gasteiger partial charge < -0.3 is 0 Å². The second-order valence-electron chi connectivity index (χ2n) is 4.09. The zero-order chi connectivity index (χ0) is 14.8. The number of nitrogens with zero attached hydrogens (tertiary/aromatic N) is 4. The van der Waals surface area contributed by atoms with Crippen molar-refractivity contribution >= 4 is 21.7 Å². The average molecular weight is 316 g/mol. The van der Waals surface area contributed by atoms with Gasteiger partial charge in [0.1, 0.15) is 11.9 Å². The van der Waals surface area contributed by atoms with Gasteiger partial charge in [0.15, 0.2) is 18.6 Å². The van der Waals surface area contributed by atoms with Gasteiger partial charge >= 0.3 is 0 Å². The van der Waals surface area contributed by atoms with Gasteiger partial charge in [-0.25, -0.2) is 9.97 Å². The number of hydrogen-bond donors (Lipinski definition) is 1. The van der Waals surface area contributed by atoms with Crippen LogP contribution >= 0.6 is 11.6 Å². The van der Waals surface area contributed by atoms with E-state index in [4.69, 9.17) is 16.2 Å². The molecule has 2 heterocycles. The van der Waals surface area contributed by atoms with E-state index in [-0.39, 0.29) is 12.3 Å². The molecular formula is C11H12ClN4O3S+. The Hall–Kier alpha value is -1.64. The first kappa shape index (κ1) is 14.8. The van der Waals surface area contributed by atoms with Crippen LogP contribution < -0.4 is 4.68 Å². The first-order chi connectivity index (χ1) is 9.35. The lowest BCUT2D eigenvalue weighted by Crippen LogP contribution is -2.40. The molecule has 0 aromatic carbocycles. The Morgan fingerprint density at radius 2 is 2.15 bits per heavy atom. The topological polar surface area (TPSA) is 96.9 Å². The number of aryl methyl sites for hydroxylation is 2. The third-order valence-corrected chi connectivity index (χ3v) is 3.60. The van der Waals surface area contributed by atoms with E-state index in [0.717, 1.165) is 0 Å². The van der Waals surface area contributed by atoms with E-state index < -0.39 is 10.1 Å². The van der Waals surface area contributed by atoms with Gasteiger partial charge in [0.2, 0.25) is 0 Å². The number of rotatable bonds is 4. The molecule has 0 atom stereocenters. The van der Waals surface area contributed by atoms with Gasteiger partial charge in [-0.3, -0.25) is 4.55 Å². The molecule has 1 N–H and O–H groups in total. The van der Waals surface area contributed by atoms with Crippen LogP contribution in [0.15, 0.2) is 24.7 Å². The van der Waals surface area contributed by atoms with Crippen molar-refractivity contribution < 1.29 is 17.7 Å². The van der Waals surface area contributed by atoms with Crippen LogP contribution in [0.5, 0.6) is 0 Å². The highest BCUT2D eigenvalue weighted by molar-refractivity contribution is 7.85. The predicted molar refractivity (Wildman–Crippen MR) is 71.6 cm³/mol. The molecule has 0 saturated carbocycles. The van der Waals surface area contributed by atoms with E-state index in [2.05, 4.69) is 15.1 Å². The smallest absolute Gasteiger partial charge is 0.271 e. The Balaban J connectivity index is 2.17. The van der Waals surface area contributed by atoms with Crippen molar-refractivity contribution in [2.24, 2.45) is 0 Å². The number of halogens is 1. The van der Waals surface area contributed by atoms with Gasteiger partial charge in [-0.2, -0.15) is 8.42 Å². The molecule has 0 fully saturated rings. The molecule has 0 unspecified atom stereocenters. The molecule has 0 amide bonds. The first-order valence-electron chi connectivity index (χ1n) is 5.65. The Morgan fingerprint density at radius 1 is 1.40 bits per heavy atom. The molecule has 2 rings (SSSR count). The van der Waals surface area contributed by atoms with E-state index >= 15 is 0 Å². The van der Waals surface area contributed by atoms with Crippen LogP contribution in [0.1, 0.15) is 5.69 Å². The fraction of sp³-hybridized carbons (Fsp3) is 0.273. The fourth-order valence-corrected chi connectivity index (χ4v) is 1.96. The van der Waals surface area contributed by atoms with Crippen LogP contribution in [0.2, 0.25) is 5.02 Å². The summed E-state index contributed by atoms with van der Waals surface area (Å²) in [5, 5.41) is 4.53. The highest BCUT2D eigenvalue weighted by Gasteiger charge is 2.12. The van der Waals surface area contributed by atoms with Crippen molar-refractivity contribution in [2.45, 2.75) is 13.5 Å². The predicted octanol–water partition coefficient (Wildman–Crippen LogP) is 0.676. The van der Waals surface area contributed by atoms with Crippen molar-refractivity contribution in [2.75, 3.05) is 5.75 Å². The zero-order valence-corrected chi connectivity index (χ0v) is 12.1. The SMILES string of the molecule is Cc1nc(-c2cc[n+](CCS(=O)(=O)O)nc2)ncc1Cl. The van der Waals surface area contributed by atoms with Crippen molar-refractivity contribution in [3.8, 4) is 11.4 Å². The first-order valence-corrected chi connectivity index (χ1v) is 7.64. The normalized spacial score (nSPS) is 11.6. The van der Waals surface area contributed by atoms with Crippen molar-refractivity contribution in [3.05, 3.63) is 35.4 Å². The minimum Gasteiger partial charge on any atom is -0.285 e. The maximum absolute atomic E-state index is 10.6. The average Bonchev–Trinajstić information content (AvgIpc) is 2.39. The highest BCUT2D eigenvalue weighted by Crippen LogP contribution is 2.16. The summed E-state index contributed by atoms with van der Waals surface area (Å²) in [7, 11) is -4.00. The molecule has 106 valence electrons. The number of hydrogen-bond acceptors (Lipinski definition) is 5. The lowest BCUT2D eigenvalue weighted by molar-refractivity contribution is -0.750. The monoisotopic (exact) mass is 315 g/mol. The van der Waals surface area contributed by atoms with Crippen LogP contribution in [-0.4, -0.2) is 33.8 Å². The minimum absolute atomic E-state index is 0.0691. The van der Waals surface area contributed by atoms with Crippen LogP contribution in [0.3, 0.4) is 0 Å². The van der Waals surface area contributed by atoms with E-state index in [9.17, 15) is 8.42 Å². The van der Waals surface area contributed by atoms with E-state index in [1.807, 2.05) is 0 Å². The zero-order valence-electron chi connectivity index (χ0n) is 10.6. The van der Waals surface area contributed by atoms with Gasteiger partial charge in [0.25, 0.3) is 10.1 Å². The molecule has 2 aromatic heterocycles. The third-order valence-electron chi connectivity index (χ3n) is 2.53. The lowest BCUT2D eigenvalue weighted by Gasteiger charge is -2.01. The molecule has 20 heavy (non-hydrogen) atoms. The third kappa shape index (κ3) is 3.92. The largest absolute Gasteiger partial charge is 0.285 e. The molecule has 9 heteroatoms. The van der Waals surface area contributed by atoms with Gasteiger partial charge in [0.05, 0.1) is 10.7 Å². The summed E-state index contributed by atoms with van der Waals surface area (Å²) in [5.74, 6) is 0.0990. The van der Waals surface area contributed by atoms with Gasteiger partial charge in [-0.05, 0) is 12.0 Å². The summed E-state index contributed by atoms with van der Waals surface area (Å²) in [4.78, 5) is 8.33. The summed E-state index contributed by atoms with van der Waals surface area (Å²) < 4.78 is 31.4. The molecule has 0 bridgehead atoms. The van der Waals surface area contributed by atoms with Crippen molar-refractivity contribution in [3.63, 3.8) is 0 Å². The molecule has 0 aliphatic heterocycles. The van der Waals surface area contributed by atoms with Crippen LogP contribution in [0, 0.1) is 6.92 Å². The van der Waals surface area contributed by atoms with E-state index in [1.54, 1.807) is 19.2 Å². The molecule has 0 aliphatic rings. The van der Waals surface area contributed by atoms with Crippen molar-refractivity contribution in [1.29, 1.82) is 0 Å². The molecule has 0 saturated heterocycles. The summed E-state index contributed by atoms with van der Waals surface area (Å²) in [6, 6.07) is 1.71.